The van der Waals surface area contributed by atoms with Crippen LogP contribution in [0.1, 0.15) is 39.3 Å². The Morgan fingerprint density at radius 1 is 1.20 bits per heavy atom. The summed E-state index contributed by atoms with van der Waals surface area (Å²) in [6, 6.07) is 8.38. The van der Waals surface area contributed by atoms with E-state index >= 15 is 0 Å². The van der Waals surface area contributed by atoms with Crippen LogP contribution in [0.3, 0.4) is 0 Å². The van der Waals surface area contributed by atoms with Crippen LogP contribution in [0, 0.1) is 0 Å². The number of para-hydroxylation sites is 1. The van der Waals surface area contributed by atoms with Crippen molar-refractivity contribution < 1.29 is 14.2 Å². The van der Waals surface area contributed by atoms with Crippen LogP contribution in [0.5, 0.6) is 5.75 Å². The lowest BCUT2D eigenvalue weighted by Gasteiger charge is -2.28. The maximum Gasteiger partial charge on any atom is 0.163 e. The highest BCUT2D eigenvalue weighted by molar-refractivity contribution is 5.42. The van der Waals surface area contributed by atoms with Crippen molar-refractivity contribution in [3.05, 3.63) is 29.8 Å². The van der Waals surface area contributed by atoms with Crippen LogP contribution in [0.25, 0.3) is 0 Å². The molecule has 4 nitrogen and oxygen atoms in total. The first-order valence-corrected chi connectivity index (χ1v) is 7.20. The Hall–Kier alpha value is -1.10. The first-order valence-electron chi connectivity index (χ1n) is 7.20. The monoisotopic (exact) mass is 277 g/mol. The summed E-state index contributed by atoms with van der Waals surface area (Å²) >= 11 is 0. The third-order valence-corrected chi connectivity index (χ3v) is 3.92. The van der Waals surface area contributed by atoms with Crippen LogP contribution in [0.4, 0.5) is 0 Å². The van der Waals surface area contributed by atoms with Gasteiger partial charge in [0.25, 0.3) is 0 Å². The Bertz CT molecular complexity index is 498. The Morgan fingerprint density at radius 2 is 1.95 bits per heavy atom. The van der Waals surface area contributed by atoms with Crippen molar-refractivity contribution in [1.82, 2.24) is 5.32 Å². The minimum Gasteiger partial charge on any atom is -0.486 e. The highest BCUT2D eigenvalue weighted by Gasteiger charge is 2.41. The van der Waals surface area contributed by atoms with Crippen molar-refractivity contribution >= 4 is 0 Å². The third kappa shape index (κ3) is 2.55. The summed E-state index contributed by atoms with van der Waals surface area (Å²) in [6.07, 6.45) is 0.0913. The SMILES string of the molecule is CC1(C)OCC(CNC2c3ccccc3OC2(C)C)O1. The quantitative estimate of drug-likeness (QED) is 0.922. The molecule has 1 N–H and O–H groups in total. The number of hydrogen-bond donors (Lipinski definition) is 1. The average Bonchev–Trinajstić information content (AvgIpc) is 2.82. The van der Waals surface area contributed by atoms with Gasteiger partial charge in [-0.05, 0) is 33.8 Å². The summed E-state index contributed by atoms with van der Waals surface area (Å²) in [5.74, 6) is 0.505. The summed E-state index contributed by atoms with van der Waals surface area (Å²) in [7, 11) is 0. The van der Waals surface area contributed by atoms with Crippen molar-refractivity contribution in [3.8, 4) is 5.75 Å². The van der Waals surface area contributed by atoms with Crippen molar-refractivity contribution in [2.75, 3.05) is 13.2 Å². The summed E-state index contributed by atoms with van der Waals surface area (Å²) in [5, 5.41) is 3.58. The standard InChI is InChI=1S/C16H23NO3/c1-15(2)14(12-7-5-6-8-13(12)20-15)17-9-11-10-18-16(3,4)19-11/h5-8,11,14,17H,9-10H2,1-4H3. The van der Waals surface area contributed by atoms with Crippen molar-refractivity contribution in [2.45, 2.75) is 51.2 Å². The van der Waals surface area contributed by atoms with Crippen molar-refractivity contribution in [1.29, 1.82) is 0 Å². The van der Waals surface area contributed by atoms with Gasteiger partial charge in [-0.25, -0.2) is 0 Å². The average molecular weight is 277 g/mol. The second-order valence-corrected chi connectivity index (χ2v) is 6.54. The van der Waals surface area contributed by atoms with Crippen molar-refractivity contribution in [3.63, 3.8) is 0 Å². The fourth-order valence-electron chi connectivity index (χ4n) is 3.00. The van der Waals surface area contributed by atoms with E-state index in [0.29, 0.717) is 6.61 Å². The number of fused-ring (bicyclic) bond motifs is 1. The second-order valence-electron chi connectivity index (χ2n) is 6.54. The minimum atomic E-state index is -0.466. The van der Waals surface area contributed by atoms with Gasteiger partial charge in [-0.1, -0.05) is 18.2 Å². The summed E-state index contributed by atoms with van der Waals surface area (Å²) < 4.78 is 17.5. The molecule has 2 atom stereocenters. The summed E-state index contributed by atoms with van der Waals surface area (Å²) in [6.45, 7) is 9.52. The topological polar surface area (TPSA) is 39.7 Å². The molecule has 0 spiro atoms. The Kier molecular flexibility index (Phi) is 3.27. The highest BCUT2D eigenvalue weighted by atomic mass is 16.7. The fourth-order valence-corrected chi connectivity index (χ4v) is 3.00. The predicted molar refractivity (Wildman–Crippen MR) is 76.8 cm³/mol. The largest absolute Gasteiger partial charge is 0.486 e. The van der Waals surface area contributed by atoms with E-state index in [1.807, 2.05) is 26.0 Å². The second kappa shape index (κ2) is 4.72. The molecule has 2 aliphatic rings. The lowest BCUT2D eigenvalue weighted by Crippen LogP contribution is -2.42. The predicted octanol–water partition coefficient (Wildman–Crippen LogP) is 2.64. The number of nitrogens with one attached hydrogen (secondary N) is 1. The number of benzene rings is 1. The maximum atomic E-state index is 6.03. The van der Waals surface area contributed by atoms with Crippen LogP contribution in [0.2, 0.25) is 0 Å². The van der Waals surface area contributed by atoms with Crippen LogP contribution < -0.4 is 10.1 Å². The smallest absolute Gasteiger partial charge is 0.163 e. The summed E-state index contributed by atoms with van der Waals surface area (Å²) in [5.41, 5.74) is 0.967. The Morgan fingerprint density at radius 3 is 2.65 bits per heavy atom. The van der Waals surface area contributed by atoms with Crippen LogP contribution in [-0.4, -0.2) is 30.6 Å². The van der Waals surface area contributed by atoms with Crippen LogP contribution in [-0.2, 0) is 9.47 Å². The zero-order valence-electron chi connectivity index (χ0n) is 12.6. The molecule has 20 heavy (non-hydrogen) atoms. The zero-order valence-corrected chi connectivity index (χ0v) is 12.6. The van der Waals surface area contributed by atoms with Gasteiger partial charge in [0.15, 0.2) is 5.79 Å². The molecule has 1 aromatic carbocycles. The van der Waals surface area contributed by atoms with E-state index in [-0.39, 0.29) is 17.7 Å². The molecule has 0 bridgehead atoms. The molecule has 3 rings (SSSR count). The molecule has 2 heterocycles. The number of ether oxygens (including phenoxy) is 3. The number of hydrogen-bond acceptors (Lipinski definition) is 4. The molecular formula is C16H23NO3. The molecule has 0 amide bonds. The Labute approximate surface area is 120 Å². The molecule has 1 aromatic rings. The molecule has 110 valence electrons. The van der Waals surface area contributed by atoms with Crippen LogP contribution >= 0.6 is 0 Å². The van der Waals surface area contributed by atoms with Gasteiger partial charge in [0.05, 0.1) is 18.8 Å². The molecule has 2 aliphatic heterocycles. The van der Waals surface area contributed by atoms with E-state index < -0.39 is 5.79 Å². The molecule has 0 saturated carbocycles. The minimum absolute atomic E-state index is 0.0913. The van der Waals surface area contributed by atoms with E-state index in [1.54, 1.807) is 0 Å². The van der Waals surface area contributed by atoms with Gasteiger partial charge >= 0.3 is 0 Å². The zero-order chi connectivity index (χ0) is 14.4. The van der Waals surface area contributed by atoms with Gasteiger partial charge in [-0.3, -0.25) is 0 Å². The van der Waals surface area contributed by atoms with Gasteiger partial charge in [-0.15, -0.1) is 0 Å². The third-order valence-electron chi connectivity index (χ3n) is 3.92. The molecule has 0 radical (unpaired) electrons. The molecular weight excluding hydrogens is 254 g/mol. The number of rotatable bonds is 3. The highest BCUT2D eigenvalue weighted by Crippen LogP contribution is 2.42. The van der Waals surface area contributed by atoms with Crippen molar-refractivity contribution in [2.24, 2.45) is 0 Å². The van der Waals surface area contributed by atoms with Crippen LogP contribution in [0.15, 0.2) is 24.3 Å². The van der Waals surface area contributed by atoms with Gasteiger partial charge < -0.3 is 19.5 Å². The van der Waals surface area contributed by atoms with E-state index in [9.17, 15) is 0 Å². The van der Waals surface area contributed by atoms with E-state index in [2.05, 4.69) is 31.3 Å². The van der Waals surface area contributed by atoms with E-state index in [1.165, 1.54) is 5.56 Å². The van der Waals surface area contributed by atoms with Gasteiger partial charge in [0, 0.05) is 12.1 Å². The fraction of sp³-hybridized carbons (Fsp3) is 0.625. The van der Waals surface area contributed by atoms with Gasteiger partial charge in [-0.2, -0.15) is 0 Å². The first-order chi connectivity index (χ1) is 9.37. The summed E-state index contributed by atoms with van der Waals surface area (Å²) in [4.78, 5) is 0. The maximum absolute atomic E-state index is 6.03. The molecule has 4 heteroatoms. The molecule has 1 saturated heterocycles. The molecule has 0 aromatic heterocycles. The molecule has 0 aliphatic carbocycles. The normalized spacial score (nSPS) is 30.0. The van der Waals surface area contributed by atoms with E-state index in [0.717, 1.165) is 12.3 Å². The molecule has 1 fully saturated rings. The van der Waals surface area contributed by atoms with Gasteiger partial charge in [0.1, 0.15) is 11.4 Å². The van der Waals surface area contributed by atoms with Gasteiger partial charge in [0.2, 0.25) is 0 Å². The lowest BCUT2D eigenvalue weighted by atomic mass is 9.94. The lowest BCUT2D eigenvalue weighted by molar-refractivity contribution is -0.138. The van der Waals surface area contributed by atoms with E-state index in [4.69, 9.17) is 14.2 Å². The Balaban J connectivity index is 1.68. The first kappa shape index (κ1) is 13.9. The molecule has 2 unspecified atom stereocenters.